The highest BCUT2D eigenvalue weighted by molar-refractivity contribution is 7.99. The molecule has 1 rings (SSSR count). The molecule has 0 spiro atoms. The average molecular weight is 212 g/mol. The standard InChI is InChI=1S/C9H12N2O2S/c1-4-14-9-10-6(2)5-7(11-9)8(12)13-3/h5H,4H2,1-3H3. The van der Waals surface area contributed by atoms with Gasteiger partial charge in [0.1, 0.15) is 0 Å². The Balaban J connectivity index is 3.00. The van der Waals surface area contributed by atoms with Gasteiger partial charge in [-0.1, -0.05) is 18.7 Å². The van der Waals surface area contributed by atoms with Gasteiger partial charge in [0.15, 0.2) is 10.9 Å². The van der Waals surface area contributed by atoms with Crippen LogP contribution in [0.4, 0.5) is 0 Å². The normalized spacial score (nSPS) is 9.93. The van der Waals surface area contributed by atoms with Crippen molar-refractivity contribution in [2.75, 3.05) is 12.9 Å². The van der Waals surface area contributed by atoms with Gasteiger partial charge in [-0.15, -0.1) is 0 Å². The van der Waals surface area contributed by atoms with E-state index in [0.29, 0.717) is 10.9 Å². The van der Waals surface area contributed by atoms with Gasteiger partial charge >= 0.3 is 5.97 Å². The maximum atomic E-state index is 11.2. The Bertz CT molecular complexity index is 342. The number of hydrogen-bond acceptors (Lipinski definition) is 5. The predicted octanol–water partition coefficient (Wildman–Crippen LogP) is 1.68. The van der Waals surface area contributed by atoms with Crippen LogP contribution in [-0.2, 0) is 4.74 Å². The van der Waals surface area contributed by atoms with Crippen LogP contribution >= 0.6 is 11.8 Å². The maximum absolute atomic E-state index is 11.2. The second kappa shape index (κ2) is 4.95. The van der Waals surface area contributed by atoms with Crippen molar-refractivity contribution in [1.29, 1.82) is 0 Å². The molecule has 5 heteroatoms. The van der Waals surface area contributed by atoms with Crippen molar-refractivity contribution < 1.29 is 9.53 Å². The molecular formula is C9H12N2O2S. The zero-order valence-electron chi connectivity index (χ0n) is 8.40. The lowest BCUT2D eigenvalue weighted by molar-refractivity contribution is 0.0592. The van der Waals surface area contributed by atoms with Crippen LogP contribution in [0.25, 0.3) is 0 Å². The first-order valence-electron chi connectivity index (χ1n) is 4.24. The number of carbonyl (C=O) groups excluding carboxylic acids is 1. The van der Waals surface area contributed by atoms with Crippen LogP contribution in [-0.4, -0.2) is 28.8 Å². The van der Waals surface area contributed by atoms with Crippen LogP contribution in [0.3, 0.4) is 0 Å². The molecule has 0 fully saturated rings. The summed E-state index contributed by atoms with van der Waals surface area (Å²) in [5, 5.41) is 0.618. The monoisotopic (exact) mass is 212 g/mol. The van der Waals surface area contributed by atoms with E-state index in [9.17, 15) is 4.79 Å². The summed E-state index contributed by atoms with van der Waals surface area (Å²) in [6, 6.07) is 1.62. The Morgan fingerprint density at radius 1 is 1.57 bits per heavy atom. The van der Waals surface area contributed by atoms with Crippen LogP contribution in [0.15, 0.2) is 11.2 Å². The Morgan fingerprint density at radius 2 is 2.29 bits per heavy atom. The fourth-order valence-corrected chi connectivity index (χ4v) is 1.57. The van der Waals surface area contributed by atoms with E-state index in [4.69, 9.17) is 0 Å². The smallest absolute Gasteiger partial charge is 0.356 e. The van der Waals surface area contributed by atoms with Gasteiger partial charge in [0.25, 0.3) is 0 Å². The molecule has 0 N–H and O–H groups in total. The topological polar surface area (TPSA) is 52.1 Å². The number of rotatable bonds is 3. The van der Waals surface area contributed by atoms with E-state index in [1.54, 1.807) is 6.07 Å². The van der Waals surface area contributed by atoms with Gasteiger partial charge in [0, 0.05) is 5.69 Å². The Hall–Kier alpha value is -1.10. The molecule has 0 radical (unpaired) electrons. The zero-order valence-corrected chi connectivity index (χ0v) is 9.22. The van der Waals surface area contributed by atoms with E-state index in [2.05, 4.69) is 14.7 Å². The quantitative estimate of drug-likeness (QED) is 0.433. The summed E-state index contributed by atoms with van der Waals surface area (Å²) in [6.45, 7) is 3.84. The van der Waals surface area contributed by atoms with E-state index in [1.165, 1.54) is 18.9 Å². The van der Waals surface area contributed by atoms with E-state index in [0.717, 1.165) is 11.4 Å². The summed E-state index contributed by atoms with van der Waals surface area (Å²) in [6.07, 6.45) is 0. The molecule has 0 saturated heterocycles. The minimum atomic E-state index is -0.423. The summed E-state index contributed by atoms with van der Waals surface area (Å²) >= 11 is 1.50. The third-order valence-corrected chi connectivity index (χ3v) is 2.23. The molecule has 0 bridgehead atoms. The third-order valence-electron chi connectivity index (χ3n) is 1.50. The minimum absolute atomic E-state index is 0.316. The first-order chi connectivity index (χ1) is 6.67. The average Bonchev–Trinajstić information content (AvgIpc) is 2.16. The fraction of sp³-hybridized carbons (Fsp3) is 0.444. The van der Waals surface area contributed by atoms with Gasteiger partial charge in [-0.3, -0.25) is 0 Å². The van der Waals surface area contributed by atoms with Crippen molar-refractivity contribution in [3.8, 4) is 0 Å². The van der Waals surface area contributed by atoms with Gasteiger partial charge in [0.05, 0.1) is 7.11 Å². The number of hydrogen-bond donors (Lipinski definition) is 0. The fourth-order valence-electron chi connectivity index (χ4n) is 0.944. The summed E-state index contributed by atoms with van der Waals surface area (Å²) in [7, 11) is 1.34. The molecule has 76 valence electrons. The first kappa shape index (κ1) is 11.0. The Kier molecular flexibility index (Phi) is 3.88. The number of methoxy groups -OCH3 is 1. The number of nitrogens with zero attached hydrogens (tertiary/aromatic N) is 2. The van der Waals surface area contributed by atoms with Crippen LogP contribution in [0.2, 0.25) is 0 Å². The number of thioether (sulfide) groups is 1. The lowest BCUT2D eigenvalue weighted by atomic mass is 10.3. The summed E-state index contributed by atoms with van der Waals surface area (Å²) in [4.78, 5) is 19.5. The van der Waals surface area contributed by atoms with Gasteiger partial charge in [-0.2, -0.15) is 0 Å². The summed E-state index contributed by atoms with van der Waals surface area (Å²) < 4.78 is 4.59. The second-order valence-electron chi connectivity index (χ2n) is 2.60. The lowest BCUT2D eigenvalue weighted by Gasteiger charge is -2.02. The Labute approximate surface area is 87.1 Å². The summed E-state index contributed by atoms with van der Waals surface area (Å²) in [5.74, 6) is 0.456. The summed E-state index contributed by atoms with van der Waals surface area (Å²) in [5.41, 5.74) is 1.09. The number of carbonyl (C=O) groups is 1. The molecule has 0 unspecified atom stereocenters. The molecular weight excluding hydrogens is 200 g/mol. The van der Waals surface area contributed by atoms with Crippen LogP contribution in [0.1, 0.15) is 23.1 Å². The lowest BCUT2D eigenvalue weighted by Crippen LogP contribution is -2.06. The number of ether oxygens (including phenoxy) is 1. The van der Waals surface area contributed by atoms with E-state index >= 15 is 0 Å². The largest absolute Gasteiger partial charge is 0.464 e. The molecule has 1 aromatic rings. The van der Waals surface area contributed by atoms with Crippen LogP contribution < -0.4 is 0 Å². The molecule has 0 aliphatic heterocycles. The highest BCUT2D eigenvalue weighted by atomic mass is 32.2. The zero-order chi connectivity index (χ0) is 10.6. The van der Waals surface area contributed by atoms with E-state index in [-0.39, 0.29) is 0 Å². The van der Waals surface area contributed by atoms with Crippen molar-refractivity contribution in [3.05, 3.63) is 17.5 Å². The van der Waals surface area contributed by atoms with Crippen LogP contribution in [0, 0.1) is 6.92 Å². The van der Waals surface area contributed by atoms with Gasteiger partial charge in [-0.05, 0) is 18.7 Å². The van der Waals surface area contributed by atoms with Crippen molar-refractivity contribution >= 4 is 17.7 Å². The number of aromatic nitrogens is 2. The molecule has 0 aliphatic rings. The Morgan fingerprint density at radius 3 is 2.86 bits per heavy atom. The van der Waals surface area contributed by atoms with Crippen molar-refractivity contribution in [2.45, 2.75) is 19.0 Å². The van der Waals surface area contributed by atoms with Crippen molar-refractivity contribution in [2.24, 2.45) is 0 Å². The second-order valence-corrected chi connectivity index (χ2v) is 3.83. The molecule has 1 heterocycles. The number of aryl methyl sites for hydroxylation is 1. The minimum Gasteiger partial charge on any atom is -0.464 e. The SMILES string of the molecule is CCSc1nc(C)cc(C(=O)OC)n1. The molecule has 0 amide bonds. The molecule has 1 aromatic heterocycles. The van der Waals surface area contributed by atoms with Crippen molar-refractivity contribution in [3.63, 3.8) is 0 Å². The first-order valence-corrected chi connectivity index (χ1v) is 5.22. The number of esters is 1. The molecule has 4 nitrogen and oxygen atoms in total. The molecule has 0 atom stereocenters. The van der Waals surface area contributed by atoms with Gasteiger partial charge in [-0.25, -0.2) is 14.8 Å². The maximum Gasteiger partial charge on any atom is 0.356 e. The van der Waals surface area contributed by atoms with Crippen LogP contribution in [0.5, 0.6) is 0 Å². The third kappa shape index (κ3) is 2.70. The predicted molar refractivity (Wildman–Crippen MR) is 54.5 cm³/mol. The molecule has 14 heavy (non-hydrogen) atoms. The molecule has 0 saturated carbocycles. The van der Waals surface area contributed by atoms with E-state index < -0.39 is 5.97 Å². The van der Waals surface area contributed by atoms with E-state index in [1.807, 2.05) is 13.8 Å². The van der Waals surface area contributed by atoms with Gasteiger partial charge < -0.3 is 4.74 Å². The molecule has 0 aromatic carbocycles. The highest BCUT2D eigenvalue weighted by Crippen LogP contribution is 2.13. The highest BCUT2D eigenvalue weighted by Gasteiger charge is 2.09. The molecule has 0 aliphatic carbocycles. The van der Waals surface area contributed by atoms with Gasteiger partial charge in [0.2, 0.25) is 0 Å². The van der Waals surface area contributed by atoms with Crippen molar-refractivity contribution in [1.82, 2.24) is 9.97 Å².